The molecule has 0 fully saturated rings. The van der Waals surface area contributed by atoms with Crippen LogP contribution in [-0.4, -0.2) is 54.4 Å². The molecule has 11 heteroatoms. The molecule has 0 saturated heterocycles. The van der Waals surface area contributed by atoms with Gasteiger partial charge >= 0.3 is 6.09 Å². The summed E-state index contributed by atoms with van der Waals surface area (Å²) in [6, 6.07) is 11.0. The Morgan fingerprint density at radius 3 is 2.74 bits per heavy atom. The molecule has 0 bridgehead atoms. The molecule has 0 aliphatic carbocycles. The number of hydrogen-bond donors (Lipinski definition) is 1. The molecule has 38 heavy (non-hydrogen) atoms. The van der Waals surface area contributed by atoms with Crippen molar-refractivity contribution in [2.75, 3.05) is 18.8 Å². The molecule has 0 spiro atoms. The van der Waals surface area contributed by atoms with Crippen LogP contribution >= 0.6 is 11.6 Å². The van der Waals surface area contributed by atoms with Crippen molar-refractivity contribution in [3.63, 3.8) is 0 Å². The Kier molecular flexibility index (Phi) is 6.90. The Morgan fingerprint density at radius 1 is 1.16 bits per heavy atom. The summed E-state index contributed by atoms with van der Waals surface area (Å²) in [5.41, 5.74) is 9.77. The molecule has 10 nitrogen and oxygen atoms in total. The van der Waals surface area contributed by atoms with Crippen molar-refractivity contribution in [3.05, 3.63) is 71.4 Å². The average molecular weight is 534 g/mol. The van der Waals surface area contributed by atoms with E-state index in [1.165, 1.54) is 6.33 Å². The Bertz CT molecular complexity index is 1510. The standard InChI is InChI=1S/C27H28ClN7O3/c1-27(2,3)38-26(36)34-12-6-7-17(14-34)22-23-24(25(29)32-16-31-23)35(33-22)19-9-10-21(20(28)13-19)37-15-18-8-4-5-11-30-18/h4-5,7-11,13,16H,6,12,14-15H2,1-3H3,(H2,29,31,32). The first kappa shape index (κ1) is 25.5. The Hall–Kier alpha value is -4.18. The summed E-state index contributed by atoms with van der Waals surface area (Å²) in [7, 11) is 0. The van der Waals surface area contributed by atoms with Gasteiger partial charge in [0, 0.05) is 12.7 Å². The molecule has 0 unspecified atom stereocenters. The van der Waals surface area contributed by atoms with Gasteiger partial charge in [0.25, 0.3) is 0 Å². The number of anilines is 1. The van der Waals surface area contributed by atoms with Gasteiger partial charge in [-0.25, -0.2) is 19.4 Å². The highest BCUT2D eigenvalue weighted by Crippen LogP contribution is 2.33. The maximum absolute atomic E-state index is 12.7. The number of benzene rings is 1. The number of nitrogens with zero attached hydrogens (tertiary/aromatic N) is 6. The van der Waals surface area contributed by atoms with Crippen LogP contribution in [0, 0.1) is 0 Å². The second-order valence-electron chi connectivity index (χ2n) is 9.86. The van der Waals surface area contributed by atoms with E-state index in [-0.39, 0.29) is 18.5 Å². The first-order chi connectivity index (χ1) is 18.2. The molecule has 2 N–H and O–H groups in total. The van der Waals surface area contributed by atoms with Gasteiger partial charge in [-0.1, -0.05) is 23.7 Å². The minimum atomic E-state index is -0.582. The van der Waals surface area contributed by atoms with Crippen LogP contribution in [0.2, 0.25) is 5.02 Å². The van der Waals surface area contributed by atoms with E-state index in [1.807, 2.05) is 45.0 Å². The Labute approximate surface area is 225 Å². The van der Waals surface area contributed by atoms with Crippen LogP contribution in [0.5, 0.6) is 5.75 Å². The van der Waals surface area contributed by atoms with Gasteiger partial charge < -0.3 is 20.1 Å². The number of carbonyl (C=O) groups is 1. The number of nitrogens with two attached hydrogens (primary N) is 1. The van der Waals surface area contributed by atoms with Gasteiger partial charge in [0.15, 0.2) is 5.82 Å². The summed E-state index contributed by atoms with van der Waals surface area (Å²) in [6.45, 7) is 6.73. The second kappa shape index (κ2) is 10.3. The number of rotatable bonds is 5. The number of halogens is 1. The molecule has 1 amide bonds. The number of ether oxygens (including phenoxy) is 2. The van der Waals surface area contributed by atoms with Crippen molar-refractivity contribution in [1.82, 2.24) is 29.6 Å². The largest absolute Gasteiger partial charge is 0.486 e. The molecule has 4 heterocycles. The van der Waals surface area contributed by atoms with Crippen LogP contribution in [0.4, 0.5) is 10.6 Å². The summed E-state index contributed by atoms with van der Waals surface area (Å²) in [4.78, 5) is 27.3. The summed E-state index contributed by atoms with van der Waals surface area (Å²) in [6.07, 6.45) is 5.48. The Morgan fingerprint density at radius 2 is 2.00 bits per heavy atom. The average Bonchev–Trinajstić information content (AvgIpc) is 3.29. The lowest BCUT2D eigenvalue weighted by molar-refractivity contribution is 0.0273. The summed E-state index contributed by atoms with van der Waals surface area (Å²) in [5.74, 6) is 0.797. The van der Waals surface area contributed by atoms with Crippen molar-refractivity contribution in [3.8, 4) is 11.4 Å². The van der Waals surface area contributed by atoms with Gasteiger partial charge in [-0.3, -0.25) is 4.98 Å². The van der Waals surface area contributed by atoms with Crippen LogP contribution in [0.1, 0.15) is 38.6 Å². The second-order valence-corrected chi connectivity index (χ2v) is 10.3. The van der Waals surface area contributed by atoms with Gasteiger partial charge in [0.05, 0.1) is 22.9 Å². The molecule has 1 aromatic carbocycles. The molecule has 0 atom stereocenters. The molecule has 0 saturated carbocycles. The van der Waals surface area contributed by atoms with Crippen molar-refractivity contribution in [2.45, 2.75) is 39.4 Å². The third-order valence-electron chi connectivity index (χ3n) is 5.86. The van der Waals surface area contributed by atoms with E-state index in [0.717, 1.165) is 11.3 Å². The lowest BCUT2D eigenvalue weighted by atomic mass is 10.1. The fraction of sp³-hybridized carbons (Fsp3) is 0.296. The minimum Gasteiger partial charge on any atom is -0.486 e. The van der Waals surface area contributed by atoms with E-state index in [4.69, 9.17) is 31.9 Å². The van der Waals surface area contributed by atoms with Gasteiger partial charge in [0.2, 0.25) is 0 Å². The van der Waals surface area contributed by atoms with Crippen LogP contribution in [-0.2, 0) is 11.3 Å². The summed E-state index contributed by atoms with van der Waals surface area (Å²) in [5, 5.41) is 5.26. The quantitative estimate of drug-likeness (QED) is 0.378. The fourth-order valence-electron chi connectivity index (χ4n) is 4.15. The first-order valence-corrected chi connectivity index (χ1v) is 12.6. The zero-order chi connectivity index (χ0) is 26.9. The Balaban J connectivity index is 1.46. The molecular weight excluding hydrogens is 506 g/mol. The van der Waals surface area contributed by atoms with Crippen molar-refractivity contribution in [1.29, 1.82) is 0 Å². The van der Waals surface area contributed by atoms with Crippen molar-refractivity contribution < 1.29 is 14.3 Å². The number of hydrogen-bond acceptors (Lipinski definition) is 8. The predicted octanol–water partition coefficient (Wildman–Crippen LogP) is 5.05. The third-order valence-corrected chi connectivity index (χ3v) is 6.15. The molecular formula is C27H28ClN7O3. The van der Waals surface area contributed by atoms with Crippen LogP contribution in [0.15, 0.2) is 55.0 Å². The van der Waals surface area contributed by atoms with Gasteiger partial charge in [-0.2, -0.15) is 5.10 Å². The summed E-state index contributed by atoms with van der Waals surface area (Å²) >= 11 is 6.58. The van der Waals surface area contributed by atoms with E-state index in [0.29, 0.717) is 52.7 Å². The highest BCUT2D eigenvalue weighted by molar-refractivity contribution is 6.32. The van der Waals surface area contributed by atoms with Crippen LogP contribution in [0.25, 0.3) is 22.3 Å². The maximum Gasteiger partial charge on any atom is 0.410 e. The molecule has 4 aromatic rings. The van der Waals surface area contributed by atoms with Gasteiger partial charge in [-0.15, -0.1) is 0 Å². The van der Waals surface area contributed by atoms with E-state index in [9.17, 15) is 4.79 Å². The highest BCUT2D eigenvalue weighted by Gasteiger charge is 2.28. The number of nitrogen functional groups attached to an aromatic ring is 1. The first-order valence-electron chi connectivity index (χ1n) is 12.2. The van der Waals surface area contributed by atoms with Crippen LogP contribution < -0.4 is 10.5 Å². The lowest BCUT2D eigenvalue weighted by Crippen LogP contribution is -2.39. The number of amides is 1. The highest BCUT2D eigenvalue weighted by atomic mass is 35.5. The molecule has 1 aliphatic heterocycles. The molecule has 0 radical (unpaired) electrons. The molecule has 196 valence electrons. The maximum atomic E-state index is 12.7. The number of carbonyl (C=O) groups excluding carboxylic acids is 1. The van der Waals surface area contributed by atoms with E-state index < -0.39 is 5.60 Å². The van der Waals surface area contributed by atoms with Crippen molar-refractivity contribution >= 4 is 40.1 Å². The van der Waals surface area contributed by atoms with Crippen molar-refractivity contribution in [2.24, 2.45) is 0 Å². The van der Waals surface area contributed by atoms with E-state index in [1.54, 1.807) is 27.9 Å². The molecule has 5 rings (SSSR count). The number of aromatic nitrogens is 5. The smallest absolute Gasteiger partial charge is 0.410 e. The SMILES string of the molecule is CC(C)(C)OC(=O)N1CCC=C(c2nn(-c3ccc(OCc4ccccn4)c(Cl)c3)c3c(N)ncnc23)C1. The fourth-order valence-corrected chi connectivity index (χ4v) is 4.38. The lowest BCUT2D eigenvalue weighted by Gasteiger charge is -2.29. The van der Waals surface area contributed by atoms with E-state index in [2.05, 4.69) is 21.0 Å². The topological polar surface area (TPSA) is 121 Å². The third kappa shape index (κ3) is 5.40. The van der Waals surface area contributed by atoms with Crippen LogP contribution in [0.3, 0.4) is 0 Å². The monoisotopic (exact) mass is 533 g/mol. The summed E-state index contributed by atoms with van der Waals surface area (Å²) < 4.78 is 13.1. The molecule has 3 aromatic heterocycles. The van der Waals surface area contributed by atoms with Gasteiger partial charge in [0.1, 0.15) is 41.0 Å². The molecule has 1 aliphatic rings. The zero-order valence-corrected chi connectivity index (χ0v) is 22.1. The zero-order valence-electron chi connectivity index (χ0n) is 21.4. The van der Waals surface area contributed by atoms with E-state index >= 15 is 0 Å². The minimum absolute atomic E-state index is 0.278. The normalized spacial score (nSPS) is 13.9. The number of fused-ring (bicyclic) bond motifs is 1. The van der Waals surface area contributed by atoms with Gasteiger partial charge in [-0.05, 0) is 63.1 Å². The number of pyridine rings is 1. The predicted molar refractivity (Wildman–Crippen MR) is 145 cm³/mol.